The number of nitrogens with zero attached hydrogens (tertiary/aromatic N) is 3. The molecule has 3 aliphatic rings. The van der Waals surface area contributed by atoms with Gasteiger partial charge in [-0.25, -0.2) is 13.4 Å². The lowest BCUT2D eigenvalue weighted by Gasteiger charge is -2.55. The highest BCUT2D eigenvalue weighted by Crippen LogP contribution is 2.51. The summed E-state index contributed by atoms with van der Waals surface area (Å²) < 4.78 is 38.3. The van der Waals surface area contributed by atoms with E-state index >= 15 is 0 Å². The fourth-order valence-electron chi connectivity index (χ4n) is 4.80. The molecule has 3 fully saturated rings. The lowest BCUT2D eigenvalue weighted by Crippen LogP contribution is -2.57. The maximum Gasteiger partial charge on any atom is 0.244 e. The zero-order valence-electron chi connectivity index (χ0n) is 16.2. The van der Waals surface area contributed by atoms with E-state index in [4.69, 9.17) is 9.47 Å². The predicted octanol–water partition coefficient (Wildman–Crippen LogP) is 1.66. The molecule has 2 saturated heterocycles. The third-order valence-corrected chi connectivity index (χ3v) is 8.55. The topological polar surface area (TPSA) is 72.0 Å². The van der Waals surface area contributed by atoms with Gasteiger partial charge in [0, 0.05) is 38.3 Å². The van der Waals surface area contributed by atoms with Gasteiger partial charge in [-0.2, -0.15) is 4.31 Å². The van der Waals surface area contributed by atoms with Crippen LogP contribution in [0, 0.1) is 12.3 Å². The van der Waals surface area contributed by atoms with E-state index in [2.05, 4.69) is 9.88 Å². The van der Waals surface area contributed by atoms with E-state index in [0.717, 1.165) is 39.1 Å². The fraction of sp³-hybridized carbons (Fsp3) is 0.737. The smallest absolute Gasteiger partial charge is 0.244 e. The van der Waals surface area contributed by atoms with Gasteiger partial charge in [-0.3, -0.25) is 4.90 Å². The van der Waals surface area contributed by atoms with Crippen LogP contribution >= 0.6 is 0 Å². The van der Waals surface area contributed by atoms with Crippen LogP contribution in [0.2, 0.25) is 0 Å². The molecule has 27 heavy (non-hydrogen) atoms. The van der Waals surface area contributed by atoms with Crippen molar-refractivity contribution >= 4 is 10.0 Å². The molecular weight excluding hydrogens is 366 g/mol. The van der Waals surface area contributed by atoms with E-state index < -0.39 is 10.0 Å². The van der Waals surface area contributed by atoms with Crippen LogP contribution < -0.4 is 4.74 Å². The van der Waals surface area contributed by atoms with Crippen molar-refractivity contribution in [2.75, 3.05) is 46.5 Å². The molecule has 4 rings (SSSR count). The highest BCUT2D eigenvalue weighted by atomic mass is 32.2. The lowest BCUT2D eigenvalue weighted by molar-refractivity contribution is -0.0670. The SMILES string of the molecule is COc1ccc(S(=O)(=O)N2CCC3(CC2)CC(N2CCOCC2)C3)c(C)n1. The molecule has 1 aromatic heterocycles. The summed E-state index contributed by atoms with van der Waals surface area (Å²) in [5, 5.41) is 0. The van der Waals surface area contributed by atoms with Crippen molar-refractivity contribution in [3.05, 3.63) is 17.8 Å². The molecule has 1 saturated carbocycles. The van der Waals surface area contributed by atoms with E-state index in [0.29, 0.717) is 41.0 Å². The van der Waals surface area contributed by atoms with Gasteiger partial charge in [-0.15, -0.1) is 0 Å². The van der Waals surface area contributed by atoms with Crippen LogP contribution in [0.15, 0.2) is 17.0 Å². The quantitative estimate of drug-likeness (QED) is 0.772. The van der Waals surface area contributed by atoms with Gasteiger partial charge in [0.05, 0.1) is 26.0 Å². The van der Waals surface area contributed by atoms with Crippen LogP contribution in [0.1, 0.15) is 31.4 Å². The van der Waals surface area contributed by atoms with E-state index in [1.54, 1.807) is 23.4 Å². The summed E-state index contributed by atoms with van der Waals surface area (Å²) in [5.41, 5.74) is 0.827. The molecule has 0 unspecified atom stereocenters. The zero-order valence-corrected chi connectivity index (χ0v) is 17.0. The summed E-state index contributed by atoms with van der Waals surface area (Å²) in [4.78, 5) is 7.06. The van der Waals surface area contributed by atoms with Crippen molar-refractivity contribution < 1.29 is 17.9 Å². The average Bonchev–Trinajstić information content (AvgIpc) is 2.66. The summed E-state index contributed by atoms with van der Waals surface area (Å²) in [7, 11) is -1.97. The monoisotopic (exact) mass is 395 g/mol. The van der Waals surface area contributed by atoms with Gasteiger partial charge in [0.15, 0.2) is 0 Å². The molecule has 0 radical (unpaired) electrons. The maximum absolute atomic E-state index is 13.1. The number of pyridine rings is 1. The first-order chi connectivity index (χ1) is 12.9. The van der Waals surface area contributed by atoms with Crippen LogP contribution in [0.4, 0.5) is 0 Å². The van der Waals surface area contributed by atoms with E-state index in [-0.39, 0.29) is 0 Å². The molecule has 0 amide bonds. The second-order valence-electron chi connectivity index (χ2n) is 8.05. The predicted molar refractivity (Wildman–Crippen MR) is 101 cm³/mol. The minimum atomic E-state index is -3.50. The molecule has 7 nitrogen and oxygen atoms in total. The number of ether oxygens (including phenoxy) is 2. The minimum absolute atomic E-state index is 0.291. The molecule has 0 aromatic carbocycles. The van der Waals surface area contributed by atoms with Crippen LogP contribution in [0.3, 0.4) is 0 Å². The van der Waals surface area contributed by atoms with Gasteiger partial charge in [-0.05, 0) is 44.1 Å². The number of aryl methyl sites for hydroxylation is 1. The molecule has 3 heterocycles. The molecule has 0 N–H and O–H groups in total. The van der Waals surface area contributed by atoms with Crippen molar-refractivity contribution in [3.8, 4) is 5.88 Å². The molecule has 1 aromatic rings. The summed E-state index contributed by atoms with van der Waals surface area (Å²) in [6.07, 6.45) is 4.30. The Morgan fingerprint density at radius 3 is 2.41 bits per heavy atom. The molecule has 0 bridgehead atoms. The Morgan fingerprint density at radius 1 is 1.15 bits per heavy atom. The Labute approximate surface area is 161 Å². The van der Waals surface area contributed by atoms with Gasteiger partial charge < -0.3 is 9.47 Å². The summed E-state index contributed by atoms with van der Waals surface area (Å²) in [6.45, 7) is 6.67. The third kappa shape index (κ3) is 3.60. The van der Waals surface area contributed by atoms with Gasteiger partial charge in [0.2, 0.25) is 15.9 Å². The minimum Gasteiger partial charge on any atom is -0.481 e. The van der Waals surface area contributed by atoms with Crippen molar-refractivity contribution in [2.24, 2.45) is 5.41 Å². The molecular formula is C19H29N3O4S. The van der Waals surface area contributed by atoms with E-state index in [9.17, 15) is 8.42 Å². The van der Waals surface area contributed by atoms with Crippen LogP contribution in [0.25, 0.3) is 0 Å². The molecule has 8 heteroatoms. The Balaban J connectivity index is 1.38. The van der Waals surface area contributed by atoms with Crippen molar-refractivity contribution in [3.63, 3.8) is 0 Å². The second kappa shape index (κ2) is 7.31. The number of methoxy groups -OCH3 is 1. The first-order valence-electron chi connectivity index (χ1n) is 9.77. The first-order valence-corrected chi connectivity index (χ1v) is 11.2. The summed E-state index contributed by atoms with van der Waals surface area (Å²) >= 11 is 0. The summed E-state index contributed by atoms with van der Waals surface area (Å²) in [5.74, 6) is 0.438. The number of morpholine rings is 1. The Hall–Kier alpha value is -1.22. The molecule has 2 aliphatic heterocycles. The van der Waals surface area contributed by atoms with Gasteiger partial charge in [0.1, 0.15) is 4.90 Å². The highest BCUT2D eigenvalue weighted by Gasteiger charge is 2.49. The fourth-order valence-corrected chi connectivity index (χ4v) is 6.40. The number of sulfonamides is 1. The first kappa shape index (κ1) is 19.1. The largest absolute Gasteiger partial charge is 0.481 e. The normalized spacial score (nSPS) is 24.7. The summed E-state index contributed by atoms with van der Waals surface area (Å²) in [6, 6.07) is 3.88. The van der Waals surface area contributed by atoms with E-state index in [1.807, 2.05) is 0 Å². The van der Waals surface area contributed by atoms with E-state index in [1.165, 1.54) is 20.0 Å². The highest BCUT2D eigenvalue weighted by molar-refractivity contribution is 7.89. The Kier molecular flexibility index (Phi) is 5.18. The third-order valence-electron chi connectivity index (χ3n) is 6.52. The Morgan fingerprint density at radius 2 is 1.81 bits per heavy atom. The van der Waals surface area contributed by atoms with Crippen LogP contribution in [-0.2, 0) is 14.8 Å². The second-order valence-corrected chi connectivity index (χ2v) is 9.96. The van der Waals surface area contributed by atoms with Crippen molar-refractivity contribution in [1.29, 1.82) is 0 Å². The van der Waals surface area contributed by atoms with Gasteiger partial charge in [0.25, 0.3) is 0 Å². The number of hydrogen-bond acceptors (Lipinski definition) is 6. The number of piperidine rings is 1. The molecule has 0 atom stereocenters. The number of aromatic nitrogens is 1. The van der Waals surface area contributed by atoms with Gasteiger partial charge >= 0.3 is 0 Å². The molecule has 150 valence electrons. The van der Waals surface area contributed by atoms with Crippen molar-refractivity contribution in [1.82, 2.24) is 14.2 Å². The Bertz CT molecular complexity index is 776. The van der Waals surface area contributed by atoms with Crippen LogP contribution in [0.5, 0.6) is 5.88 Å². The zero-order chi connectivity index (χ0) is 19.1. The van der Waals surface area contributed by atoms with Crippen molar-refractivity contribution in [2.45, 2.75) is 43.5 Å². The molecule has 1 aliphatic carbocycles. The number of hydrogen-bond donors (Lipinski definition) is 0. The maximum atomic E-state index is 13.1. The average molecular weight is 396 g/mol. The standard InChI is InChI=1S/C19H29N3O4S/c1-15-17(3-4-18(20-15)25-2)27(23,24)22-7-5-19(6-8-22)13-16(14-19)21-9-11-26-12-10-21/h3-4,16H,5-14H2,1-2H3. The number of rotatable bonds is 4. The lowest BCUT2D eigenvalue weighted by atomic mass is 9.60. The molecule has 1 spiro atoms. The van der Waals surface area contributed by atoms with Crippen LogP contribution in [-0.4, -0.2) is 75.2 Å². The van der Waals surface area contributed by atoms with Gasteiger partial charge in [-0.1, -0.05) is 0 Å².